The van der Waals surface area contributed by atoms with Gasteiger partial charge in [-0.3, -0.25) is 9.59 Å². The predicted octanol–water partition coefficient (Wildman–Crippen LogP) is 4.48. The van der Waals surface area contributed by atoms with Crippen LogP contribution < -0.4 is 10.9 Å². The van der Waals surface area contributed by atoms with Crippen LogP contribution in [0.2, 0.25) is 0 Å². The summed E-state index contributed by atoms with van der Waals surface area (Å²) in [5.74, 6) is -0.575. The van der Waals surface area contributed by atoms with Crippen molar-refractivity contribution in [2.45, 2.75) is 19.6 Å². The first-order valence-electron chi connectivity index (χ1n) is 8.47. The fourth-order valence-electron chi connectivity index (χ4n) is 2.80. The molecule has 4 nitrogen and oxygen atoms in total. The maximum Gasteiger partial charge on any atom is 0.416 e. The van der Waals surface area contributed by atoms with Crippen molar-refractivity contribution in [2.24, 2.45) is 0 Å². The molecule has 0 spiro atoms. The van der Waals surface area contributed by atoms with E-state index in [2.05, 4.69) is 5.32 Å². The van der Waals surface area contributed by atoms with Crippen molar-refractivity contribution < 1.29 is 18.0 Å². The molecule has 1 heterocycles. The van der Waals surface area contributed by atoms with Gasteiger partial charge in [-0.25, -0.2) is 0 Å². The Bertz CT molecular complexity index is 1070. The second kappa shape index (κ2) is 7.72. The van der Waals surface area contributed by atoms with Crippen LogP contribution in [-0.4, -0.2) is 10.5 Å². The van der Waals surface area contributed by atoms with E-state index in [9.17, 15) is 22.8 Å². The molecule has 1 N–H and O–H groups in total. The summed E-state index contributed by atoms with van der Waals surface area (Å²) in [6.45, 7) is 1.80. The van der Waals surface area contributed by atoms with E-state index in [4.69, 9.17) is 0 Å². The predicted molar refractivity (Wildman–Crippen MR) is 100 cm³/mol. The summed E-state index contributed by atoms with van der Waals surface area (Å²) < 4.78 is 39.8. The van der Waals surface area contributed by atoms with E-state index in [0.29, 0.717) is 11.3 Å². The number of hydrogen-bond donors (Lipinski definition) is 1. The minimum atomic E-state index is -4.46. The van der Waals surface area contributed by atoms with Crippen LogP contribution in [0.25, 0.3) is 0 Å². The summed E-state index contributed by atoms with van der Waals surface area (Å²) in [5.41, 5.74) is 0.367. The van der Waals surface area contributed by atoms with Crippen molar-refractivity contribution in [2.75, 3.05) is 5.32 Å². The van der Waals surface area contributed by atoms with E-state index in [1.54, 1.807) is 18.2 Å². The molecule has 0 saturated heterocycles. The number of carbonyl (C=O) groups is 1. The molecule has 0 saturated carbocycles. The number of rotatable bonds is 4. The first-order valence-corrected chi connectivity index (χ1v) is 8.47. The molecule has 0 unspecified atom stereocenters. The zero-order chi connectivity index (χ0) is 20.3. The van der Waals surface area contributed by atoms with Crippen LogP contribution >= 0.6 is 0 Å². The Labute approximate surface area is 159 Å². The van der Waals surface area contributed by atoms with Crippen molar-refractivity contribution >= 4 is 11.6 Å². The van der Waals surface area contributed by atoms with E-state index in [-0.39, 0.29) is 12.1 Å². The van der Waals surface area contributed by atoms with Gasteiger partial charge in [0, 0.05) is 11.9 Å². The largest absolute Gasteiger partial charge is 0.416 e. The number of amides is 1. The number of nitrogens with zero attached hydrogens (tertiary/aromatic N) is 1. The lowest BCUT2D eigenvalue weighted by Gasteiger charge is -2.11. The van der Waals surface area contributed by atoms with Crippen molar-refractivity contribution in [3.8, 4) is 0 Å². The Hall–Kier alpha value is -3.35. The Kier molecular flexibility index (Phi) is 5.35. The van der Waals surface area contributed by atoms with Gasteiger partial charge in [-0.05, 0) is 54.4 Å². The van der Waals surface area contributed by atoms with Gasteiger partial charge in [-0.15, -0.1) is 0 Å². The number of pyridine rings is 1. The molecule has 3 aromatic rings. The molecule has 144 valence electrons. The van der Waals surface area contributed by atoms with Gasteiger partial charge in [0.15, 0.2) is 0 Å². The number of aryl methyl sites for hydroxylation is 1. The van der Waals surface area contributed by atoms with Crippen LogP contribution in [0.5, 0.6) is 0 Å². The van der Waals surface area contributed by atoms with Gasteiger partial charge >= 0.3 is 6.18 Å². The fraction of sp³-hybridized carbons (Fsp3) is 0.143. The molecular weight excluding hydrogens is 369 g/mol. The van der Waals surface area contributed by atoms with Gasteiger partial charge in [0.05, 0.1) is 12.1 Å². The monoisotopic (exact) mass is 386 g/mol. The second-order valence-corrected chi connectivity index (χ2v) is 6.38. The molecule has 0 radical (unpaired) electrons. The molecule has 0 aliphatic rings. The molecule has 28 heavy (non-hydrogen) atoms. The maximum absolute atomic E-state index is 12.9. The van der Waals surface area contributed by atoms with Crippen LogP contribution in [0.15, 0.2) is 71.7 Å². The van der Waals surface area contributed by atoms with Crippen molar-refractivity contribution in [1.82, 2.24) is 4.57 Å². The normalized spacial score (nSPS) is 11.3. The molecule has 0 atom stereocenters. The van der Waals surface area contributed by atoms with E-state index in [1.807, 2.05) is 13.0 Å². The molecule has 0 aliphatic carbocycles. The molecule has 1 amide bonds. The van der Waals surface area contributed by atoms with Crippen LogP contribution in [0.1, 0.15) is 27.0 Å². The minimum absolute atomic E-state index is 0.0751. The Morgan fingerprint density at radius 3 is 2.50 bits per heavy atom. The second-order valence-electron chi connectivity index (χ2n) is 6.38. The van der Waals surface area contributed by atoms with Crippen LogP contribution in [0, 0.1) is 6.92 Å². The first kappa shape index (κ1) is 19.4. The number of halogens is 3. The highest BCUT2D eigenvalue weighted by Crippen LogP contribution is 2.29. The molecule has 7 heteroatoms. The smallest absolute Gasteiger partial charge is 0.322 e. The fourth-order valence-corrected chi connectivity index (χ4v) is 2.80. The third kappa shape index (κ3) is 4.49. The van der Waals surface area contributed by atoms with Gasteiger partial charge < -0.3 is 9.88 Å². The van der Waals surface area contributed by atoms with E-state index in [1.165, 1.54) is 35.0 Å². The maximum atomic E-state index is 12.9. The zero-order valence-electron chi connectivity index (χ0n) is 15.0. The lowest BCUT2D eigenvalue weighted by molar-refractivity contribution is -0.137. The number of benzene rings is 2. The molecule has 0 fully saturated rings. The number of aromatic nitrogens is 1. The molecule has 0 aliphatic heterocycles. The first-order chi connectivity index (χ1) is 13.2. The van der Waals surface area contributed by atoms with Gasteiger partial charge in [0.2, 0.25) is 0 Å². The molecule has 2 aromatic carbocycles. The van der Waals surface area contributed by atoms with Crippen molar-refractivity contribution in [3.05, 3.63) is 99.5 Å². The summed E-state index contributed by atoms with van der Waals surface area (Å²) in [6, 6.07) is 14.8. The molecular formula is C21H17F3N2O2. The standard InChI is InChI=1S/C21H17F3N2O2/c1-14-5-2-8-17(11-14)25-19(27)18-9-4-10-26(20(18)28)13-15-6-3-7-16(12-15)21(22,23)24/h2-12H,13H2,1H3,(H,25,27). The highest BCUT2D eigenvalue weighted by atomic mass is 19.4. The number of alkyl halides is 3. The van der Waals surface area contributed by atoms with E-state index in [0.717, 1.165) is 17.7 Å². The summed E-state index contributed by atoms with van der Waals surface area (Å²) in [7, 11) is 0. The third-order valence-corrected chi connectivity index (χ3v) is 4.15. The highest BCUT2D eigenvalue weighted by Gasteiger charge is 2.30. The lowest BCUT2D eigenvalue weighted by Crippen LogP contribution is -2.29. The third-order valence-electron chi connectivity index (χ3n) is 4.15. The summed E-state index contributed by atoms with van der Waals surface area (Å²) in [4.78, 5) is 25.1. The van der Waals surface area contributed by atoms with Gasteiger partial charge in [-0.1, -0.05) is 24.3 Å². The van der Waals surface area contributed by atoms with Crippen LogP contribution in [0.3, 0.4) is 0 Å². The average Bonchev–Trinajstić information content (AvgIpc) is 2.63. The topological polar surface area (TPSA) is 51.1 Å². The van der Waals surface area contributed by atoms with Crippen molar-refractivity contribution in [3.63, 3.8) is 0 Å². The van der Waals surface area contributed by atoms with E-state index < -0.39 is 23.2 Å². The number of carbonyl (C=O) groups excluding carboxylic acids is 1. The lowest BCUT2D eigenvalue weighted by atomic mass is 10.1. The Morgan fingerprint density at radius 1 is 1.04 bits per heavy atom. The van der Waals surface area contributed by atoms with Crippen LogP contribution in [0.4, 0.5) is 18.9 Å². The SMILES string of the molecule is Cc1cccc(NC(=O)c2cccn(Cc3cccc(C(F)(F)F)c3)c2=O)c1. The number of nitrogens with one attached hydrogen (secondary N) is 1. The Morgan fingerprint density at radius 2 is 1.79 bits per heavy atom. The highest BCUT2D eigenvalue weighted by molar-refractivity contribution is 6.04. The number of anilines is 1. The molecule has 3 rings (SSSR count). The average molecular weight is 386 g/mol. The number of hydrogen-bond acceptors (Lipinski definition) is 2. The van der Waals surface area contributed by atoms with Gasteiger partial charge in [0.1, 0.15) is 5.56 Å². The minimum Gasteiger partial charge on any atom is -0.322 e. The summed E-state index contributed by atoms with van der Waals surface area (Å²) in [5, 5.41) is 2.66. The van der Waals surface area contributed by atoms with Gasteiger partial charge in [-0.2, -0.15) is 13.2 Å². The van der Waals surface area contributed by atoms with Crippen LogP contribution in [-0.2, 0) is 12.7 Å². The summed E-state index contributed by atoms with van der Waals surface area (Å²) in [6.07, 6.45) is -3.03. The zero-order valence-corrected chi connectivity index (χ0v) is 15.0. The summed E-state index contributed by atoms with van der Waals surface area (Å²) >= 11 is 0. The van der Waals surface area contributed by atoms with Gasteiger partial charge in [0.25, 0.3) is 11.5 Å². The van der Waals surface area contributed by atoms with E-state index >= 15 is 0 Å². The molecule has 1 aromatic heterocycles. The molecule has 0 bridgehead atoms. The Balaban J connectivity index is 1.85. The van der Waals surface area contributed by atoms with Crippen molar-refractivity contribution in [1.29, 1.82) is 0 Å². The quantitative estimate of drug-likeness (QED) is 0.719.